The summed E-state index contributed by atoms with van der Waals surface area (Å²) in [5, 5.41) is 18.5. The highest BCUT2D eigenvalue weighted by Crippen LogP contribution is 2.29. The molecule has 3 heterocycles. The first-order valence-electron chi connectivity index (χ1n) is 6.56. The van der Waals surface area contributed by atoms with Crippen LogP contribution < -0.4 is 10.6 Å². The molecular weight excluding hydrogens is 270 g/mol. The Hall–Kier alpha value is -1.95. The predicted octanol–water partition coefficient (Wildman–Crippen LogP) is 2.00. The number of anilines is 1. The molecule has 3 N–H and O–H groups in total. The Bertz CT molecular complexity index is 676. The van der Waals surface area contributed by atoms with Gasteiger partial charge in [-0.15, -0.1) is 16.4 Å². The van der Waals surface area contributed by atoms with Crippen molar-refractivity contribution in [2.24, 2.45) is 5.73 Å². The van der Waals surface area contributed by atoms with E-state index in [1.54, 1.807) is 0 Å². The Kier molecular flexibility index (Phi) is 3.17. The lowest BCUT2D eigenvalue weighted by Crippen LogP contribution is -2.33. The first-order valence-corrected chi connectivity index (χ1v) is 7.44. The summed E-state index contributed by atoms with van der Waals surface area (Å²) in [6.45, 7) is 5.55. The van der Waals surface area contributed by atoms with Gasteiger partial charge in [0.05, 0.1) is 11.3 Å². The second kappa shape index (κ2) is 4.86. The van der Waals surface area contributed by atoms with E-state index in [-0.39, 0.29) is 5.84 Å². The van der Waals surface area contributed by atoms with Crippen LogP contribution in [-0.4, -0.2) is 22.6 Å². The van der Waals surface area contributed by atoms with Crippen LogP contribution in [0.1, 0.15) is 27.3 Å². The maximum absolute atomic E-state index is 7.83. The summed E-state index contributed by atoms with van der Waals surface area (Å²) >= 11 is 1.81. The van der Waals surface area contributed by atoms with E-state index in [2.05, 4.69) is 26.5 Å². The quantitative estimate of drug-likeness (QED) is 0.654. The third-order valence-corrected chi connectivity index (χ3v) is 4.84. The van der Waals surface area contributed by atoms with Gasteiger partial charge in [-0.25, -0.2) is 0 Å². The number of aryl methyl sites for hydroxylation is 1. The highest BCUT2D eigenvalue weighted by Gasteiger charge is 2.23. The van der Waals surface area contributed by atoms with Gasteiger partial charge in [0, 0.05) is 18.0 Å². The minimum absolute atomic E-state index is 0.0617. The SMILES string of the molecule is Cc1nnc(N2CCc3sccc3C2)c(C(=N)N)c1C. The number of nitrogens with two attached hydrogens (primary N) is 1. The zero-order valence-corrected chi connectivity index (χ0v) is 12.4. The molecule has 2 aromatic heterocycles. The number of aromatic nitrogens is 2. The highest BCUT2D eigenvalue weighted by molar-refractivity contribution is 7.10. The van der Waals surface area contributed by atoms with Crippen molar-refractivity contribution < 1.29 is 0 Å². The molecular formula is C14H17N5S. The normalized spacial score (nSPS) is 14.2. The van der Waals surface area contributed by atoms with E-state index in [9.17, 15) is 0 Å². The Morgan fingerprint density at radius 3 is 2.95 bits per heavy atom. The number of nitrogens with zero attached hydrogens (tertiary/aromatic N) is 3. The van der Waals surface area contributed by atoms with E-state index in [0.29, 0.717) is 0 Å². The number of fused-ring (bicyclic) bond motifs is 1. The first kappa shape index (κ1) is 13.1. The van der Waals surface area contributed by atoms with Crippen LogP contribution >= 0.6 is 11.3 Å². The third-order valence-electron chi connectivity index (χ3n) is 3.81. The number of thiophene rings is 1. The maximum atomic E-state index is 7.83. The third kappa shape index (κ3) is 2.06. The molecule has 3 rings (SSSR count). The molecule has 0 saturated heterocycles. The number of hydrogen-bond acceptors (Lipinski definition) is 5. The smallest absolute Gasteiger partial charge is 0.162 e. The van der Waals surface area contributed by atoms with Crippen molar-refractivity contribution in [2.45, 2.75) is 26.8 Å². The van der Waals surface area contributed by atoms with Crippen molar-refractivity contribution in [3.63, 3.8) is 0 Å². The molecule has 0 spiro atoms. The van der Waals surface area contributed by atoms with Gasteiger partial charge in [-0.05, 0) is 42.8 Å². The van der Waals surface area contributed by atoms with Gasteiger partial charge in [0.1, 0.15) is 5.84 Å². The summed E-state index contributed by atoms with van der Waals surface area (Å²) in [6, 6.07) is 2.16. The van der Waals surface area contributed by atoms with Gasteiger partial charge in [0.15, 0.2) is 5.82 Å². The summed E-state index contributed by atoms with van der Waals surface area (Å²) in [5.41, 5.74) is 9.59. The Balaban J connectivity index is 2.03. The molecule has 0 saturated carbocycles. The van der Waals surface area contributed by atoms with Crippen molar-refractivity contribution in [3.8, 4) is 0 Å². The molecule has 0 fully saturated rings. The lowest BCUT2D eigenvalue weighted by molar-refractivity contribution is 0.718. The van der Waals surface area contributed by atoms with Gasteiger partial charge in [-0.3, -0.25) is 5.41 Å². The number of nitrogens with one attached hydrogen (secondary N) is 1. The largest absolute Gasteiger partial charge is 0.384 e. The molecule has 1 aliphatic rings. The minimum atomic E-state index is 0.0617. The monoisotopic (exact) mass is 287 g/mol. The topological polar surface area (TPSA) is 78.9 Å². The molecule has 0 amide bonds. The number of hydrogen-bond donors (Lipinski definition) is 2. The zero-order chi connectivity index (χ0) is 14.3. The summed E-state index contributed by atoms with van der Waals surface area (Å²) in [5.74, 6) is 0.795. The molecule has 20 heavy (non-hydrogen) atoms. The van der Waals surface area contributed by atoms with Gasteiger partial charge >= 0.3 is 0 Å². The Labute approximate surface area is 122 Å². The second-order valence-corrected chi connectivity index (χ2v) is 6.06. The average molecular weight is 287 g/mol. The van der Waals surface area contributed by atoms with Crippen LogP contribution in [0.5, 0.6) is 0 Å². The van der Waals surface area contributed by atoms with Crippen molar-refractivity contribution in [1.29, 1.82) is 5.41 Å². The molecule has 6 heteroatoms. The summed E-state index contributed by atoms with van der Waals surface area (Å²) < 4.78 is 0. The van der Waals surface area contributed by atoms with Gasteiger partial charge in [0.25, 0.3) is 0 Å². The van der Waals surface area contributed by atoms with Gasteiger partial charge in [0.2, 0.25) is 0 Å². The molecule has 0 aliphatic carbocycles. The molecule has 0 aromatic carbocycles. The van der Waals surface area contributed by atoms with Crippen LogP contribution in [0.4, 0.5) is 5.82 Å². The first-order chi connectivity index (χ1) is 9.58. The summed E-state index contributed by atoms with van der Waals surface area (Å²) in [7, 11) is 0. The van der Waals surface area contributed by atoms with Gasteiger partial charge < -0.3 is 10.6 Å². The average Bonchev–Trinajstić information content (AvgIpc) is 2.88. The molecule has 0 atom stereocenters. The van der Waals surface area contributed by atoms with E-state index in [0.717, 1.165) is 42.1 Å². The van der Waals surface area contributed by atoms with Crippen LogP contribution in [0.3, 0.4) is 0 Å². The lowest BCUT2D eigenvalue weighted by Gasteiger charge is -2.29. The predicted molar refractivity (Wildman–Crippen MR) is 81.6 cm³/mol. The highest BCUT2D eigenvalue weighted by atomic mass is 32.1. The summed E-state index contributed by atoms with van der Waals surface area (Å²) in [6.07, 6.45) is 1.01. The molecule has 0 radical (unpaired) electrons. The van der Waals surface area contributed by atoms with E-state index in [1.165, 1.54) is 10.4 Å². The van der Waals surface area contributed by atoms with Crippen molar-refractivity contribution in [2.75, 3.05) is 11.4 Å². The fourth-order valence-corrected chi connectivity index (χ4v) is 3.46. The maximum Gasteiger partial charge on any atom is 0.162 e. The fourth-order valence-electron chi connectivity index (χ4n) is 2.57. The lowest BCUT2D eigenvalue weighted by atomic mass is 10.1. The Morgan fingerprint density at radius 1 is 1.40 bits per heavy atom. The van der Waals surface area contributed by atoms with E-state index < -0.39 is 0 Å². The van der Waals surface area contributed by atoms with E-state index >= 15 is 0 Å². The standard InChI is InChI=1S/C14H17N5S/c1-8-9(2)17-18-14(12(8)13(15)16)19-5-3-11-10(7-19)4-6-20-11/h4,6H,3,5,7H2,1-2H3,(H3,15,16). The Morgan fingerprint density at radius 2 is 2.20 bits per heavy atom. The van der Waals surface area contributed by atoms with Crippen LogP contribution in [-0.2, 0) is 13.0 Å². The van der Waals surface area contributed by atoms with Gasteiger partial charge in [-0.2, -0.15) is 5.10 Å². The molecule has 2 aromatic rings. The number of rotatable bonds is 2. The second-order valence-electron chi connectivity index (χ2n) is 5.06. The molecule has 1 aliphatic heterocycles. The van der Waals surface area contributed by atoms with E-state index in [1.807, 2.05) is 25.2 Å². The van der Waals surface area contributed by atoms with Crippen molar-refractivity contribution in [3.05, 3.63) is 38.7 Å². The van der Waals surface area contributed by atoms with Crippen molar-refractivity contribution in [1.82, 2.24) is 10.2 Å². The van der Waals surface area contributed by atoms with Crippen LogP contribution in [0.25, 0.3) is 0 Å². The number of nitrogen functional groups attached to an aromatic ring is 1. The van der Waals surface area contributed by atoms with Gasteiger partial charge in [-0.1, -0.05) is 0 Å². The van der Waals surface area contributed by atoms with Crippen LogP contribution in [0.2, 0.25) is 0 Å². The van der Waals surface area contributed by atoms with E-state index in [4.69, 9.17) is 11.1 Å². The fraction of sp³-hybridized carbons (Fsp3) is 0.357. The number of amidine groups is 1. The molecule has 5 nitrogen and oxygen atoms in total. The zero-order valence-electron chi connectivity index (χ0n) is 11.6. The summed E-state index contributed by atoms with van der Waals surface area (Å²) in [4.78, 5) is 3.62. The van der Waals surface area contributed by atoms with Crippen LogP contribution in [0, 0.1) is 19.3 Å². The molecule has 104 valence electrons. The molecule has 0 bridgehead atoms. The minimum Gasteiger partial charge on any atom is -0.384 e. The molecule has 0 unspecified atom stereocenters. The van der Waals surface area contributed by atoms with Crippen molar-refractivity contribution >= 4 is 23.0 Å². The van der Waals surface area contributed by atoms with Crippen LogP contribution in [0.15, 0.2) is 11.4 Å².